The monoisotopic (exact) mass is 142 g/mol. The minimum Gasteiger partial charge on any atom is -0.496 e. The van der Waals surface area contributed by atoms with Gasteiger partial charge in [0.1, 0.15) is 6.10 Å². The van der Waals surface area contributed by atoms with E-state index in [1.54, 1.807) is 6.26 Å². The SMILES string of the molecule is CCC1OC=CC(C)[C@H]1O. The van der Waals surface area contributed by atoms with Crippen molar-refractivity contribution in [2.75, 3.05) is 0 Å². The molecule has 2 nitrogen and oxygen atoms in total. The highest BCUT2D eigenvalue weighted by atomic mass is 16.5. The Labute approximate surface area is 61.5 Å². The quantitative estimate of drug-likeness (QED) is 0.598. The van der Waals surface area contributed by atoms with Crippen LogP contribution >= 0.6 is 0 Å². The lowest BCUT2D eigenvalue weighted by Crippen LogP contribution is -2.34. The first kappa shape index (κ1) is 7.61. The van der Waals surface area contributed by atoms with Gasteiger partial charge >= 0.3 is 0 Å². The van der Waals surface area contributed by atoms with E-state index in [9.17, 15) is 5.11 Å². The van der Waals surface area contributed by atoms with Gasteiger partial charge in [0.05, 0.1) is 12.4 Å². The molecule has 1 aliphatic heterocycles. The number of aliphatic hydroxyl groups excluding tert-OH is 1. The summed E-state index contributed by atoms with van der Waals surface area (Å²) in [5.41, 5.74) is 0. The summed E-state index contributed by atoms with van der Waals surface area (Å²) >= 11 is 0. The van der Waals surface area contributed by atoms with Crippen LogP contribution in [0.1, 0.15) is 20.3 Å². The van der Waals surface area contributed by atoms with Crippen molar-refractivity contribution in [1.82, 2.24) is 0 Å². The molecule has 0 radical (unpaired) electrons. The molecule has 1 heterocycles. The molecule has 0 amide bonds. The standard InChI is InChI=1S/C8H14O2/c1-3-7-8(9)6(2)4-5-10-7/h4-9H,3H2,1-2H3/t6?,7?,8-/m1/s1. The van der Waals surface area contributed by atoms with Crippen LogP contribution in [0, 0.1) is 5.92 Å². The summed E-state index contributed by atoms with van der Waals surface area (Å²) in [5, 5.41) is 9.46. The van der Waals surface area contributed by atoms with Crippen molar-refractivity contribution in [3.63, 3.8) is 0 Å². The highest BCUT2D eigenvalue weighted by molar-refractivity contribution is 4.93. The lowest BCUT2D eigenvalue weighted by atomic mass is 9.97. The number of ether oxygens (including phenoxy) is 1. The van der Waals surface area contributed by atoms with Crippen molar-refractivity contribution in [2.24, 2.45) is 5.92 Å². The highest BCUT2D eigenvalue weighted by Crippen LogP contribution is 2.19. The molecule has 0 spiro atoms. The first-order valence-corrected chi connectivity index (χ1v) is 3.76. The van der Waals surface area contributed by atoms with Crippen molar-refractivity contribution < 1.29 is 9.84 Å². The van der Waals surface area contributed by atoms with Gasteiger partial charge in [-0.05, 0) is 12.5 Å². The van der Waals surface area contributed by atoms with Crippen molar-refractivity contribution in [1.29, 1.82) is 0 Å². The molecule has 0 aromatic heterocycles. The molecule has 0 aromatic carbocycles. The molecule has 10 heavy (non-hydrogen) atoms. The molecule has 2 heteroatoms. The van der Waals surface area contributed by atoms with E-state index in [1.165, 1.54) is 0 Å². The minimum atomic E-state index is -0.324. The van der Waals surface area contributed by atoms with Crippen molar-refractivity contribution >= 4 is 0 Å². The van der Waals surface area contributed by atoms with Gasteiger partial charge in [0.2, 0.25) is 0 Å². The van der Waals surface area contributed by atoms with Gasteiger partial charge in [-0.1, -0.05) is 13.8 Å². The van der Waals surface area contributed by atoms with Gasteiger partial charge in [0.25, 0.3) is 0 Å². The fourth-order valence-electron chi connectivity index (χ4n) is 1.14. The third kappa shape index (κ3) is 1.32. The van der Waals surface area contributed by atoms with Crippen LogP contribution in [0.5, 0.6) is 0 Å². The molecule has 3 atom stereocenters. The van der Waals surface area contributed by atoms with E-state index in [-0.39, 0.29) is 18.1 Å². The number of rotatable bonds is 1. The van der Waals surface area contributed by atoms with Gasteiger partial charge in [-0.15, -0.1) is 0 Å². The predicted molar refractivity (Wildman–Crippen MR) is 39.5 cm³/mol. The summed E-state index contributed by atoms with van der Waals surface area (Å²) < 4.78 is 5.18. The molecule has 0 bridgehead atoms. The zero-order chi connectivity index (χ0) is 7.56. The average molecular weight is 142 g/mol. The van der Waals surface area contributed by atoms with Crippen LogP contribution in [0.4, 0.5) is 0 Å². The van der Waals surface area contributed by atoms with Crippen LogP contribution in [0.15, 0.2) is 12.3 Å². The summed E-state index contributed by atoms with van der Waals surface area (Å²) in [6.45, 7) is 4.01. The molecule has 1 N–H and O–H groups in total. The van der Waals surface area contributed by atoms with Crippen LogP contribution in [0.25, 0.3) is 0 Å². The first-order valence-electron chi connectivity index (χ1n) is 3.76. The first-order chi connectivity index (χ1) is 4.75. The predicted octanol–water partition coefficient (Wildman–Crippen LogP) is 1.31. The van der Waals surface area contributed by atoms with E-state index in [0.29, 0.717) is 0 Å². The van der Waals surface area contributed by atoms with Crippen LogP contribution in [-0.4, -0.2) is 17.3 Å². The molecule has 58 valence electrons. The molecule has 0 fully saturated rings. The van der Waals surface area contributed by atoms with E-state index in [0.717, 1.165) is 6.42 Å². The van der Waals surface area contributed by atoms with Gasteiger partial charge in [0.15, 0.2) is 0 Å². The third-order valence-electron chi connectivity index (χ3n) is 1.96. The zero-order valence-corrected chi connectivity index (χ0v) is 6.45. The van der Waals surface area contributed by atoms with E-state index in [4.69, 9.17) is 4.74 Å². The van der Waals surface area contributed by atoms with E-state index >= 15 is 0 Å². The Kier molecular flexibility index (Phi) is 2.33. The summed E-state index contributed by atoms with van der Waals surface area (Å²) in [6, 6.07) is 0. The van der Waals surface area contributed by atoms with Crippen molar-refractivity contribution in [2.45, 2.75) is 32.5 Å². The lowest BCUT2D eigenvalue weighted by Gasteiger charge is -2.28. The second-order valence-electron chi connectivity index (χ2n) is 2.76. The van der Waals surface area contributed by atoms with E-state index < -0.39 is 0 Å². The molecular weight excluding hydrogens is 128 g/mol. The maximum absolute atomic E-state index is 9.46. The Morgan fingerprint density at radius 2 is 2.30 bits per heavy atom. The van der Waals surface area contributed by atoms with Crippen molar-refractivity contribution in [3.8, 4) is 0 Å². The second-order valence-corrected chi connectivity index (χ2v) is 2.76. The Balaban J connectivity index is 2.56. The molecule has 2 unspecified atom stereocenters. The largest absolute Gasteiger partial charge is 0.496 e. The smallest absolute Gasteiger partial charge is 0.124 e. The molecule has 0 saturated carbocycles. The number of hydrogen-bond donors (Lipinski definition) is 1. The van der Waals surface area contributed by atoms with E-state index in [2.05, 4.69) is 0 Å². The van der Waals surface area contributed by atoms with Gasteiger partial charge in [-0.2, -0.15) is 0 Å². The van der Waals surface area contributed by atoms with Crippen LogP contribution < -0.4 is 0 Å². The van der Waals surface area contributed by atoms with Crippen LogP contribution in [0.2, 0.25) is 0 Å². The van der Waals surface area contributed by atoms with Crippen LogP contribution in [0.3, 0.4) is 0 Å². The second kappa shape index (κ2) is 3.06. The fourth-order valence-corrected chi connectivity index (χ4v) is 1.14. The summed E-state index contributed by atoms with van der Waals surface area (Å²) in [6.07, 6.45) is 4.12. The molecular formula is C8H14O2. The summed E-state index contributed by atoms with van der Waals surface area (Å²) in [5.74, 6) is 0.235. The Hall–Kier alpha value is -0.500. The maximum atomic E-state index is 9.46. The minimum absolute atomic E-state index is 0.000000000000000222. The zero-order valence-electron chi connectivity index (χ0n) is 6.45. The van der Waals surface area contributed by atoms with Crippen molar-refractivity contribution in [3.05, 3.63) is 12.3 Å². The Morgan fingerprint density at radius 3 is 2.80 bits per heavy atom. The summed E-state index contributed by atoms with van der Waals surface area (Å²) in [4.78, 5) is 0. The van der Waals surface area contributed by atoms with Gasteiger partial charge < -0.3 is 9.84 Å². The normalized spacial score (nSPS) is 39.3. The fraction of sp³-hybridized carbons (Fsp3) is 0.750. The number of aliphatic hydroxyl groups is 1. The Bertz CT molecular complexity index is 131. The Morgan fingerprint density at radius 1 is 1.60 bits per heavy atom. The number of hydrogen-bond acceptors (Lipinski definition) is 2. The van der Waals surface area contributed by atoms with Gasteiger partial charge in [-0.25, -0.2) is 0 Å². The van der Waals surface area contributed by atoms with Gasteiger partial charge in [0, 0.05) is 5.92 Å². The average Bonchev–Trinajstić information content (AvgIpc) is 1.95. The van der Waals surface area contributed by atoms with Crippen LogP contribution in [-0.2, 0) is 4.74 Å². The molecule has 0 aliphatic carbocycles. The molecule has 1 aliphatic rings. The summed E-state index contributed by atoms with van der Waals surface area (Å²) in [7, 11) is 0. The van der Waals surface area contributed by atoms with Gasteiger partial charge in [-0.3, -0.25) is 0 Å². The third-order valence-corrected chi connectivity index (χ3v) is 1.96. The maximum Gasteiger partial charge on any atom is 0.124 e. The molecule has 0 saturated heterocycles. The highest BCUT2D eigenvalue weighted by Gasteiger charge is 2.25. The topological polar surface area (TPSA) is 29.5 Å². The molecule has 1 rings (SSSR count). The van der Waals surface area contributed by atoms with E-state index in [1.807, 2.05) is 19.9 Å². The lowest BCUT2D eigenvalue weighted by molar-refractivity contribution is -0.0264. The molecule has 0 aromatic rings.